The van der Waals surface area contributed by atoms with Crippen LogP contribution in [0.1, 0.15) is 21.6 Å². The summed E-state index contributed by atoms with van der Waals surface area (Å²) in [6.45, 7) is 2.65. The zero-order chi connectivity index (χ0) is 19.9. The fraction of sp³-hybridized carbons (Fsp3) is 0.190. The van der Waals surface area contributed by atoms with Gasteiger partial charge in [-0.25, -0.2) is 9.97 Å². The normalized spacial score (nSPS) is 10.2. The molecular formula is C21H22N4O3. The monoisotopic (exact) mass is 378 g/mol. The summed E-state index contributed by atoms with van der Waals surface area (Å²) >= 11 is 0. The molecule has 0 bridgehead atoms. The summed E-state index contributed by atoms with van der Waals surface area (Å²) in [4.78, 5) is 20.9. The number of aryl methyl sites for hydroxylation is 1. The number of nitrogens with one attached hydrogen (secondary N) is 2. The molecule has 28 heavy (non-hydrogen) atoms. The number of methoxy groups -OCH3 is 2. The third kappa shape index (κ3) is 4.76. The smallest absolute Gasteiger partial charge is 0.274 e. The quantitative estimate of drug-likeness (QED) is 0.653. The SMILES string of the molecule is COc1ccc(OC)c(NC(=O)c2cc(NCc3cccc(C)c3)ncn2)c1. The van der Waals surface area contributed by atoms with E-state index in [1.165, 1.54) is 19.0 Å². The molecule has 0 aliphatic heterocycles. The molecule has 0 fully saturated rings. The van der Waals surface area contributed by atoms with E-state index in [4.69, 9.17) is 9.47 Å². The number of benzene rings is 2. The van der Waals surface area contributed by atoms with Gasteiger partial charge in [-0.15, -0.1) is 0 Å². The maximum atomic E-state index is 12.6. The molecule has 3 aromatic rings. The standard InChI is InChI=1S/C21H22N4O3/c1-14-5-4-6-15(9-14)12-22-20-11-18(23-13-24-20)21(26)25-17-10-16(27-2)7-8-19(17)28-3/h4-11,13H,12H2,1-3H3,(H,25,26)(H,22,23,24). The summed E-state index contributed by atoms with van der Waals surface area (Å²) < 4.78 is 10.5. The van der Waals surface area contributed by atoms with E-state index < -0.39 is 0 Å². The highest BCUT2D eigenvalue weighted by molar-refractivity contribution is 6.04. The topological polar surface area (TPSA) is 85.4 Å². The Morgan fingerprint density at radius 3 is 2.64 bits per heavy atom. The minimum absolute atomic E-state index is 0.242. The Hall–Kier alpha value is -3.61. The van der Waals surface area contributed by atoms with E-state index in [2.05, 4.69) is 26.7 Å². The second kappa shape index (κ2) is 8.85. The number of nitrogens with zero attached hydrogens (tertiary/aromatic N) is 2. The van der Waals surface area contributed by atoms with E-state index in [0.29, 0.717) is 29.5 Å². The summed E-state index contributed by atoms with van der Waals surface area (Å²) in [6, 6.07) is 15.0. The minimum Gasteiger partial charge on any atom is -0.497 e. The van der Waals surface area contributed by atoms with Gasteiger partial charge in [0.1, 0.15) is 29.3 Å². The van der Waals surface area contributed by atoms with Gasteiger partial charge in [-0.1, -0.05) is 29.8 Å². The predicted molar refractivity (Wildman–Crippen MR) is 108 cm³/mol. The predicted octanol–water partition coefficient (Wildman–Crippen LogP) is 3.67. The van der Waals surface area contributed by atoms with Gasteiger partial charge in [-0.05, 0) is 24.6 Å². The highest BCUT2D eigenvalue weighted by Gasteiger charge is 2.13. The van der Waals surface area contributed by atoms with Crippen LogP contribution >= 0.6 is 0 Å². The highest BCUT2D eigenvalue weighted by Crippen LogP contribution is 2.29. The molecule has 0 saturated carbocycles. The second-order valence-corrected chi connectivity index (χ2v) is 6.15. The number of carbonyl (C=O) groups excluding carboxylic acids is 1. The third-order valence-corrected chi connectivity index (χ3v) is 4.11. The molecule has 0 unspecified atom stereocenters. The maximum absolute atomic E-state index is 12.6. The number of amides is 1. The Morgan fingerprint density at radius 1 is 1.04 bits per heavy atom. The third-order valence-electron chi connectivity index (χ3n) is 4.11. The molecule has 7 nitrogen and oxygen atoms in total. The van der Waals surface area contributed by atoms with Crippen molar-refractivity contribution in [2.45, 2.75) is 13.5 Å². The Kier molecular flexibility index (Phi) is 6.06. The van der Waals surface area contributed by atoms with Gasteiger partial charge in [0.25, 0.3) is 5.91 Å². The Balaban J connectivity index is 1.72. The number of aromatic nitrogens is 2. The van der Waals surface area contributed by atoms with Gasteiger partial charge in [0, 0.05) is 18.7 Å². The molecule has 1 heterocycles. The van der Waals surface area contributed by atoms with Crippen LogP contribution in [0.25, 0.3) is 0 Å². The summed E-state index contributed by atoms with van der Waals surface area (Å²) in [5, 5.41) is 6.01. The first-order valence-electron chi connectivity index (χ1n) is 8.74. The first-order valence-corrected chi connectivity index (χ1v) is 8.74. The molecule has 0 atom stereocenters. The largest absolute Gasteiger partial charge is 0.497 e. The van der Waals surface area contributed by atoms with Crippen molar-refractivity contribution in [3.05, 3.63) is 71.7 Å². The van der Waals surface area contributed by atoms with Crippen molar-refractivity contribution in [1.82, 2.24) is 9.97 Å². The van der Waals surface area contributed by atoms with Gasteiger partial charge in [0.2, 0.25) is 0 Å². The van der Waals surface area contributed by atoms with Gasteiger partial charge in [0.05, 0.1) is 19.9 Å². The number of carbonyl (C=O) groups is 1. The number of hydrogen-bond acceptors (Lipinski definition) is 6. The number of anilines is 2. The number of ether oxygens (including phenoxy) is 2. The lowest BCUT2D eigenvalue weighted by Crippen LogP contribution is -2.15. The van der Waals surface area contributed by atoms with Crippen LogP contribution in [-0.4, -0.2) is 30.1 Å². The van der Waals surface area contributed by atoms with Gasteiger partial charge in [-0.3, -0.25) is 4.79 Å². The molecule has 0 saturated heterocycles. The van der Waals surface area contributed by atoms with Crippen LogP contribution in [0.15, 0.2) is 54.9 Å². The average molecular weight is 378 g/mol. The lowest BCUT2D eigenvalue weighted by molar-refractivity contribution is 0.102. The summed E-state index contributed by atoms with van der Waals surface area (Å²) in [5.74, 6) is 1.34. The van der Waals surface area contributed by atoms with Crippen LogP contribution in [0.3, 0.4) is 0 Å². The van der Waals surface area contributed by atoms with Crippen molar-refractivity contribution >= 4 is 17.4 Å². The van der Waals surface area contributed by atoms with E-state index in [0.717, 1.165) is 5.56 Å². The van der Waals surface area contributed by atoms with Crippen LogP contribution in [0.4, 0.5) is 11.5 Å². The minimum atomic E-state index is -0.368. The molecule has 0 spiro atoms. The van der Waals surface area contributed by atoms with Crippen molar-refractivity contribution in [2.24, 2.45) is 0 Å². The molecule has 1 aromatic heterocycles. The van der Waals surface area contributed by atoms with E-state index in [9.17, 15) is 4.79 Å². The highest BCUT2D eigenvalue weighted by atomic mass is 16.5. The maximum Gasteiger partial charge on any atom is 0.274 e. The van der Waals surface area contributed by atoms with Crippen molar-refractivity contribution in [3.63, 3.8) is 0 Å². The van der Waals surface area contributed by atoms with Crippen molar-refractivity contribution < 1.29 is 14.3 Å². The van der Waals surface area contributed by atoms with E-state index in [1.54, 1.807) is 31.4 Å². The lowest BCUT2D eigenvalue weighted by Gasteiger charge is -2.12. The summed E-state index contributed by atoms with van der Waals surface area (Å²) in [5.41, 5.74) is 3.06. The second-order valence-electron chi connectivity index (χ2n) is 6.15. The van der Waals surface area contributed by atoms with Gasteiger partial charge in [-0.2, -0.15) is 0 Å². The van der Waals surface area contributed by atoms with E-state index in [-0.39, 0.29) is 11.6 Å². The average Bonchev–Trinajstić information content (AvgIpc) is 2.72. The molecule has 3 rings (SSSR count). The first-order chi connectivity index (χ1) is 13.6. The van der Waals surface area contributed by atoms with Crippen LogP contribution in [0, 0.1) is 6.92 Å². The lowest BCUT2D eigenvalue weighted by atomic mass is 10.1. The van der Waals surface area contributed by atoms with Crippen molar-refractivity contribution in [3.8, 4) is 11.5 Å². The summed E-state index contributed by atoms with van der Waals surface area (Å²) in [7, 11) is 3.10. The molecular weight excluding hydrogens is 356 g/mol. The first kappa shape index (κ1) is 19.2. The van der Waals surface area contributed by atoms with Crippen LogP contribution in [0.5, 0.6) is 11.5 Å². The molecule has 0 aliphatic rings. The van der Waals surface area contributed by atoms with E-state index in [1.807, 2.05) is 25.1 Å². The van der Waals surface area contributed by atoms with Crippen LogP contribution < -0.4 is 20.1 Å². The van der Waals surface area contributed by atoms with Crippen molar-refractivity contribution in [1.29, 1.82) is 0 Å². The Bertz CT molecular complexity index is 975. The van der Waals surface area contributed by atoms with Crippen molar-refractivity contribution in [2.75, 3.05) is 24.9 Å². The zero-order valence-corrected chi connectivity index (χ0v) is 16.0. The fourth-order valence-electron chi connectivity index (χ4n) is 2.69. The molecule has 2 N–H and O–H groups in total. The molecule has 2 aromatic carbocycles. The van der Waals surface area contributed by atoms with Gasteiger partial charge in [0.15, 0.2) is 0 Å². The molecule has 1 amide bonds. The zero-order valence-electron chi connectivity index (χ0n) is 16.0. The molecule has 0 radical (unpaired) electrons. The van der Waals surface area contributed by atoms with Gasteiger partial charge >= 0.3 is 0 Å². The van der Waals surface area contributed by atoms with Gasteiger partial charge < -0.3 is 20.1 Å². The molecule has 144 valence electrons. The molecule has 0 aliphatic carbocycles. The number of rotatable bonds is 7. The fourth-order valence-corrected chi connectivity index (χ4v) is 2.69. The molecule has 7 heteroatoms. The Morgan fingerprint density at radius 2 is 1.89 bits per heavy atom. The Labute approximate surface area is 163 Å². The van der Waals surface area contributed by atoms with Crippen LogP contribution in [-0.2, 0) is 6.54 Å². The number of hydrogen-bond donors (Lipinski definition) is 2. The summed E-state index contributed by atoms with van der Waals surface area (Å²) in [6.07, 6.45) is 1.36. The van der Waals surface area contributed by atoms with Crippen LogP contribution in [0.2, 0.25) is 0 Å². The van der Waals surface area contributed by atoms with E-state index >= 15 is 0 Å².